The molecule has 0 atom stereocenters. The molecule has 0 bridgehead atoms. The summed E-state index contributed by atoms with van der Waals surface area (Å²) in [4.78, 5) is 2.55. The van der Waals surface area contributed by atoms with E-state index in [9.17, 15) is 0 Å². The average Bonchev–Trinajstić information content (AvgIpc) is 2.46. The van der Waals surface area contributed by atoms with Gasteiger partial charge in [0.15, 0.2) is 0 Å². The lowest BCUT2D eigenvalue weighted by Crippen LogP contribution is -2.40. The van der Waals surface area contributed by atoms with Crippen molar-refractivity contribution in [2.24, 2.45) is 0 Å². The summed E-state index contributed by atoms with van der Waals surface area (Å²) in [6.07, 6.45) is 6.52. The first-order chi connectivity index (χ1) is 8.79. The van der Waals surface area contributed by atoms with Gasteiger partial charge in [0.25, 0.3) is 0 Å². The SMILES string of the molecule is CNC1CCC(N(C)CCc2ccccc2)CC1. The Hall–Kier alpha value is -0.860. The highest BCUT2D eigenvalue weighted by molar-refractivity contribution is 5.14. The highest BCUT2D eigenvalue weighted by atomic mass is 15.1. The Balaban J connectivity index is 1.73. The minimum Gasteiger partial charge on any atom is -0.317 e. The third kappa shape index (κ3) is 3.82. The highest BCUT2D eigenvalue weighted by Crippen LogP contribution is 2.22. The maximum Gasteiger partial charge on any atom is 0.00934 e. The van der Waals surface area contributed by atoms with Crippen LogP contribution in [0.5, 0.6) is 0 Å². The number of likely N-dealkylation sites (N-methyl/N-ethyl adjacent to an activating group) is 1. The van der Waals surface area contributed by atoms with Gasteiger partial charge in [0.1, 0.15) is 0 Å². The fourth-order valence-electron chi connectivity index (χ4n) is 2.94. The van der Waals surface area contributed by atoms with Crippen LogP contribution in [-0.2, 0) is 6.42 Å². The summed E-state index contributed by atoms with van der Waals surface area (Å²) < 4.78 is 0. The Morgan fingerprint density at radius 3 is 2.39 bits per heavy atom. The molecule has 1 N–H and O–H groups in total. The van der Waals surface area contributed by atoms with E-state index >= 15 is 0 Å². The molecule has 0 aromatic heterocycles. The lowest BCUT2D eigenvalue weighted by molar-refractivity contribution is 0.178. The van der Waals surface area contributed by atoms with Crippen molar-refractivity contribution < 1.29 is 0 Å². The standard InChI is InChI=1S/C16H26N2/c1-17-15-8-10-16(11-9-15)18(2)13-12-14-6-4-3-5-7-14/h3-7,15-17H,8-13H2,1-2H3. The Morgan fingerprint density at radius 1 is 1.11 bits per heavy atom. The van der Waals surface area contributed by atoms with Crippen molar-refractivity contribution in [3.05, 3.63) is 35.9 Å². The minimum atomic E-state index is 0.753. The fourth-order valence-corrected chi connectivity index (χ4v) is 2.94. The van der Waals surface area contributed by atoms with Gasteiger partial charge in [0.05, 0.1) is 0 Å². The van der Waals surface area contributed by atoms with E-state index in [1.807, 2.05) is 0 Å². The predicted octanol–water partition coefficient (Wildman–Crippen LogP) is 2.69. The van der Waals surface area contributed by atoms with Crippen molar-refractivity contribution in [2.45, 2.75) is 44.2 Å². The molecule has 0 amide bonds. The molecule has 1 aliphatic carbocycles. The van der Waals surface area contributed by atoms with Crippen LogP contribution >= 0.6 is 0 Å². The van der Waals surface area contributed by atoms with Crippen molar-refractivity contribution >= 4 is 0 Å². The van der Waals surface area contributed by atoms with Crippen molar-refractivity contribution in [1.29, 1.82) is 0 Å². The minimum absolute atomic E-state index is 0.753. The van der Waals surface area contributed by atoms with Crippen molar-refractivity contribution in [3.63, 3.8) is 0 Å². The van der Waals surface area contributed by atoms with Crippen molar-refractivity contribution in [3.8, 4) is 0 Å². The van der Waals surface area contributed by atoms with E-state index in [1.165, 1.54) is 44.2 Å². The second-order valence-electron chi connectivity index (χ2n) is 5.51. The lowest BCUT2D eigenvalue weighted by Gasteiger charge is -2.34. The predicted molar refractivity (Wildman–Crippen MR) is 77.9 cm³/mol. The largest absolute Gasteiger partial charge is 0.317 e. The summed E-state index contributed by atoms with van der Waals surface area (Å²) in [5, 5.41) is 3.40. The Bertz CT molecular complexity index is 328. The quantitative estimate of drug-likeness (QED) is 0.859. The van der Waals surface area contributed by atoms with Gasteiger partial charge in [-0.25, -0.2) is 0 Å². The van der Waals surface area contributed by atoms with Crippen LogP contribution in [0.1, 0.15) is 31.2 Å². The fraction of sp³-hybridized carbons (Fsp3) is 0.625. The zero-order chi connectivity index (χ0) is 12.8. The summed E-state index contributed by atoms with van der Waals surface area (Å²) in [7, 11) is 4.37. The van der Waals surface area contributed by atoms with Gasteiger partial charge in [-0.15, -0.1) is 0 Å². The molecule has 1 saturated carbocycles. The number of hydrogen-bond acceptors (Lipinski definition) is 2. The van der Waals surface area contributed by atoms with E-state index in [-0.39, 0.29) is 0 Å². The molecule has 0 radical (unpaired) electrons. The molecular formula is C16H26N2. The molecule has 0 heterocycles. The molecule has 0 saturated heterocycles. The van der Waals surface area contributed by atoms with Gasteiger partial charge < -0.3 is 10.2 Å². The van der Waals surface area contributed by atoms with Crippen LogP contribution < -0.4 is 5.32 Å². The van der Waals surface area contributed by atoms with Crippen LogP contribution in [0.4, 0.5) is 0 Å². The van der Waals surface area contributed by atoms with E-state index in [0.29, 0.717) is 0 Å². The number of hydrogen-bond donors (Lipinski definition) is 1. The van der Waals surface area contributed by atoms with Crippen LogP contribution in [0.3, 0.4) is 0 Å². The number of nitrogens with zero attached hydrogens (tertiary/aromatic N) is 1. The molecular weight excluding hydrogens is 220 g/mol. The van der Waals surface area contributed by atoms with Gasteiger partial charge in [0, 0.05) is 18.6 Å². The topological polar surface area (TPSA) is 15.3 Å². The van der Waals surface area contributed by atoms with E-state index < -0.39 is 0 Å². The molecule has 0 spiro atoms. The second-order valence-corrected chi connectivity index (χ2v) is 5.51. The number of benzene rings is 1. The molecule has 2 rings (SSSR count). The lowest BCUT2D eigenvalue weighted by atomic mass is 9.90. The first-order valence-electron chi connectivity index (χ1n) is 7.21. The van der Waals surface area contributed by atoms with Crippen molar-refractivity contribution in [2.75, 3.05) is 20.6 Å². The molecule has 100 valence electrons. The van der Waals surface area contributed by atoms with E-state index in [2.05, 4.69) is 54.6 Å². The molecule has 1 aliphatic rings. The zero-order valence-electron chi connectivity index (χ0n) is 11.7. The number of nitrogens with one attached hydrogen (secondary N) is 1. The summed E-state index contributed by atoms with van der Waals surface area (Å²) in [5.74, 6) is 0. The van der Waals surface area contributed by atoms with Crippen LogP contribution in [0, 0.1) is 0 Å². The monoisotopic (exact) mass is 246 g/mol. The Morgan fingerprint density at radius 2 is 1.78 bits per heavy atom. The smallest absolute Gasteiger partial charge is 0.00934 e. The summed E-state index contributed by atoms with van der Waals surface area (Å²) in [6.45, 7) is 1.18. The molecule has 1 fully saturated rings. The molecule has 2 heteroatoms. The van der Waals surface area contributed by atoms with E-state index in [0.717, 1.165) is 12.1 Å². The first-order valence-corrected chi connectivity index (χ1v) is 7.21. The van der Waals surface area contributed by atoms with Gasteiger partial charge in [-0.2, -0.15) is 0 Å². The zero-order valence-corrected chi connectivity index (χ0v) is 11.7. The van der Waals surface area contributed by atoms with Crippen LogP contribution in [0.25, 0.3) is 0 Å². The molecule has 18 heavy (non-hydrogen) atoms. The average molecular weight is 246 g/mol. The van der Waals surface area contributed by atoms with Gasteiger partial charge in [-0.3, -0.25) is 0 Å². The first kappa shape index (κ1) is 13.6. The number of rotatable bonds is 5. The molecule has 1 aromatic rings. The molecule has 0 aliphatic heterocycles. The summed E-state index contributed by atoms with van der Waals surface area (Å²) in [6, 6.07) is 12.4. The Labute approximate surface area is 111 Å². The van der Waals surface area contributed by atoms with Gasteiger partial charge in [-0.05, 0) is 51.8 Å². The summed E-state index contributed by atoms with van der Waals surface area (Å²) >= 11 is 0. The molecule has 0 unspecified atom stereocenters. The second kappa shape index (κ2) is 6.91. The van der Waals surface area contributed by atoms with Crippen LogP contribution in [-0.4, -0.2) is 37.6 Å². The maximum absolute atomic E-state index is 3.40. The van der Waals surface area contributed by atoms with Gasteiger partial charge >= 0.3 is 0 Å². The van der Waals surface area contributed by atoms with Crippen molar-refractivity contribution in [1.82, 2.24) is 10.2 Å². The third-order valence-electron chi connectivity index (χ3n) is 4.32. The Kier molecular flexibility index (Phi) is 5.21. The van der Waals surface area contributed by atoms with Crippen LogP contribution in [0.2, 0.25) is 0 Å². The van der Waals surface area contributed by atoms with E-state index in [4.69, 9.17) is 0 Å². The van der Waals surface area contributed by atoms with Gasteiger partial charge in [0.2, 0.25) is 0 Å². The maximum atomic E-state index is 3.40. The third-order valence-corrected chi connectivity index (χ3v) is 4.32. The molecule has 2 nitrogen and oxygen atoms in total. The van der Waals surface area contributed by atoms with E-state index in [1.54, 1.807) is 0 Å². The van der Waals surface area contributed by atoms with Crippen LogP contribution in [0.15, 0.2) is 30.3 Å². The van der Waals surface area contributed by atoms with Gasteiger partial charge in [-0.1, -0.05) is 30.3 Å². The normalized spacial score (nSPS) is 24.4. The summed E-state index contributed by atoms with van der Waals surface area (Å²) in [5.41, 5.74) is 1.45. The highest BCUT2D eigenvalue weighted by Gasteiger charge is 2.22. The molecule has 1 aromatic carbocycles.